The molecule has 5 nitrogen and oxygen atoms in total. The molecule has 0 atom stereocenters. The summed E-state index contributed by atoms with van der Waals surface area (Å²) in [7, 11) is 0. The second-order valence-corrected chi connectivity index (χ2v) is 5.02. The van der Waals surface area contributed by atoms with Crippen molar-refractivity contribution in [2.45, 2.75) is 25.8 Å². The topological polar surface area (TPSA) is 63.8 Å². The molecule has 0 aliphatic heterocycles. The first-order valence-corrected chi connectivity index (χ1v) is 7.22. The van der Waals surface area contributed by atoms with E-state index in [1.165, 1.54) is 0 Å². The lowest BCUT2D eigenvalue weighted by atomic mass is 10.2. The summed E-state index contributed by atoms with van der Waals surface area (Å²) in [5, 5.41) is 13.1. The van der Waals surface area contributed by atoms with E-state index in [1.54, 1.807) is 6.20 Å². The first-order chi connectivity index (χ1) is 10.4. The van der Waals surface area contributed by atoms with Gasteiger partial charge in [-0.3, -0.25) is 9.67 Å². The van der Waals surface area contributed by atoms with Gasteiger partial charge in [0.2, 0.25) is 0 Å². The van der Waals surface area contributed by atoms with Crippen LogP contribution < -0.4 is 0 Å². The van der Waals surface area contributed by atoms with E-state index in [2.05, 4.69) is 15.1 Å². The van der Waals surface area contributed by atoms with Gasteiger partial charge >= 0.3 is 0 Å². The van der Waals surface area contributed by atoms with Crippen LogP contribution in [0.4, 0.5) is 0 Å². The molecule has 0 spiro atoms. The third kappa shape index (κ3) is 3.25. The number of aromatic nitrogens is 4. The molecule has 3 rings (SSSR count). The van der Waals surface area contributed by atoms with E-state index in [0.29, 0.717) is 0 Å². The van der Waals surface area contributed by atoms with Gasteiger partial charge in [0.05, 0.1) is 29.1 Å². The molecule has 0 amide bonds. The van der Waals surface area contributed by atoms with Gasteiger partial charge in [0.25, 0.3) is 0 Å². The Bertz CT molecular complexity index is 723. The van der Waals surface area contributed by atoms with Gasteiger partial charge in [-0.1, -0.05) is 12.1 Å². The minimum Gasteiger partial charge on any atom is -0.396 e. The minimum absolute atomic E-state index is 0.261. The molecule has 0 unspecified atom stereocenters. The van der Waals surface area contributed by atoms with Crippen molar-refractivity contribution in [2.24, 2.45) is 0 Å². The third-order valence-corrected chi connectivity index (χ3v) is 3.42. The third-order valence-electron chi connectivity index (χ3n) is 3.42. The van der Waals surface area contributed by atoms with Crippen molar-refractivity contribution in [1.29, 1.82) is 0 Å². The fraction of sp³-hybridized carbons (Fsp3) is 0.312. The molecule has 0 saturated carbocycles. The van der Waals surface area contributed by atoms with Gasteiger partial charge in [0.15, 0.2) is 0 Å². The van der Waals surface area contributed by atoms with Gasteiger partial charge in [0, 0.05) is 24.9 Å². The lowest BCUT2D eigenvalue weighted by molar-refractivity contribution is 0.281. The van der Waals surface area contributed by atoms with Crippen LogP contribution in [0.3, 0.4) is 0 Å². The van der Waals surface area contributed by atoms with Crippen LogP contribution in [0, 0.1) is 0 Å². The molecule has 1 aromatic carbocycles. The average Bonchev–Trinajstić information content (AvgIpc) is 3.00. The number of aliphatic hydroxyl groups is 1. The predicted octanol–water partition coefficient (Wildman–Crippen LogP) is 2.66. The summed E-state index contributed by atoms with van der Waals surface area (Å²) in [6.45, 7) is 1.12. The van der Waals surface area contributed by atoms with E-state index in [0.717, 1.165) is 48.1 Å². The van der Waals surface area contributed by atoms with Crippen molar-refractivity contribution < 1.29 is 5.11 Å². The van der Waals surface area contributed by atoms with E-state index in [1.807, 2.05) is 41.3 Å². The summed E-state index contributed by atoms with van der Waals surface area (Å²) < 4.78 is 1.92. The number of nitrogens with zero attached hydrogens (tertiary/aromatic N) is 4. The number of aliphatic hydroxyl groups excluding tert-OH is 1. The van der Waals surface area contributed by atoms with Crippen molar-refractivity contribution in [1.82, 2.24) is 19.7 Å². The number of fused-ring (bicyclic) bond motifs is 1. The molecule has 2 aromatic heterocycles. The Kier molecular flexibility index (Phi) is 4.21. The van der Waals surface area contributed by atoms with E-state index in [4.69, 9.17) is 5.11 Å². The highest BCUT2D eigenvalue weighted by Gasteiger charge is 2.05. The molecule has 0 saturated heterocycles. The minimum atomic E-state index is 0.261. The standard InChI is InChI=1S/C16H18N4O/c21-9-5-1-4-8-20-12-13(10-18-20)16-11-17-14-6-2-3-7-15(14)19-16/h2-3,6-7,10-12,21H,1,4-5,8-9H2. The highest BCUT2D eigenvalue weighted by atomic mass is 16.2. The molecule has 108 valence electrons. The van der Waals surface area contributed by atoms with E-state index in [9.17, 15) is 0 Å². The smallest absolute Gasteiger partial charge is 0.0924 e. The Morgan fingerprint density at radius 2 is 1.86 bits per heavy atom. The SMILES string of the molecule is OCCCCCn1cc(-c2cnc3ccccc3n2)cn1. The second kappa shape index (κ2) is 6.45. The van der Waals surface area contributed by atoms with Crippen molar-refractivity contribution in [3.63, 3.8) is 0 Å². The van der Waals surface area contributed by atoms with Gasteiger partial charge in [-0.2, -0.15) is 5.10 Å². The van der Waals surface area contributed by atoms with Gasteiger partial charge in [0.1, 0.15) is 0 Å². The Morgan fingerprint density at radius 3 is 2.71 bits per heavy atom. The summed E-state index contributed by atoms with van der Waals surface area (Å²) >= 11 is 0. The quantitative estimate of drug-likeness (QED) is 0.706. The molecular formula is C16H18N4O. The van der Waals surface area contributed by atoms with Crippen molar-refractivity contribution >= 4 is 11.0 Å². The number of benzene rings is 1. The average molecular weight is 282 g/mol. The van der Waals surface area contributed by atoms with Gasteiger partial charge in [-0.15, -0.1) is 0 Å². The zero-order valence-electron chi connectivity index (χ0n) is 11.8. The van der Waals surface area contributed by atoms with Gasteiger partial charge < -0.3 is 5.11 Å². The summed E-state index contributed by atoms with van der Waals surface area (Å²) in [5.74, 6) is 0. The largest absolute Gasteiger partial charge is 0.396 e. The fourth-order valence-corrected chi connectivity index (χ4v) is 2.28. The number of rotatable bonds is 6. The Morgan fingerprint density at radius 1 is 1.00 bits per heavy atom. The molecule has 0 bridgehead atoms. The highest BCUT2D eigenvalue weighted by Crippen LogP contribution is 2.18. The number of unbranched alkanes of at least 4 members (excludes halogenated alkanes) is 2. The van der Waals surface area contributed by atoms with E-state index >= 15 is 0 Å². The van der Waals surface area contributed by atoms with Crippen LogP contribution in [0.25, 0.3) is 22.3 Å². The maximum atomic E-state index is 8.77. The summed E-state index contributed by atoms with van der Waals surface area (Å²) in [4.78, 5) is 9.05. The summed E-state index contributed by atoms with van der Waals surface area (Å²) in [6, 6.07) is 7.84. The number of hydrogen-bond donors (Lipinski definition) is 1. The fourth-order valence-electron chi connectivity index (χ4n) is 2.28. The zero-order chi connectivity index (χ0) is 14.5. The van der Waals surface area contributed by atoms with Gasteiger partial charge in [-0.25, -0.2) is 4.98 Å². The predicted molar refractivity (Wildman–Crippen MR) is 81.7 cm³/mol. The monoisotopic (exact) mass is 282 g/mol. The Hall–Kier alpha value is -2.27. The first-order valence-electron chi connectivity index (χ1n) is 7.22. The zero-order valence-corrected chi connectivity index (χ0v) is 11.8. The molecule has 3 aromatic rings. The molecule has 1 N–H and O–H groups in total. The van der Waals surface area contributed by atoms with Crippen molar-refractivity contribution in [3.05, 3.63) is 42.9 Å². The molecule has 0 radical (unpaired) electrons. The van der Waals surface area contributed by atoms with Crippen molar-refractivity contribution in [3.8, 4) is 11.3 Å². The lowest BCUT2D eigenvalue weighted by Gasteiger charge is -2.01. The number of para-hydroxylation sites is 2. The Labute approximate surface area is 123 Å². The van der Waals surface area contributed by atoms with Crippen LogP contribution in [-0.4, -0.2) is 31.5 Å². The maximum absolute atomic E-state index is 8.77. The molecule has 5 heteroatoms. The lowest BCUT2D eigenvalue weighted by Crippen LogP contribution is -1.98. The summed E-state index contributed by atoms with van der Waals surface area (Å²) in [6.07, 6.45) is 8.49. The highest BCUT2D eigenvalue weighted by molar-refractivity contribution is 5.76. The van der Waals surface area contributed by atoms with Crippen LogP contribution in [0.2, 0.25) is 0 Å². The molecule has 21 heavy (non-hydrogen) atoms. The van der Waals surface area contributed by atoms with Crippen LogP contribution in [0.5, 0.6) is 0 Å². The van der Waals surface area contributed by atoms with Crippen LogP contribution in [-0.2, 0) is 6.54 Å². The maximum Gasteiger partial charge on any atom is 0.0924 e. The molecule has 0 aliphatic rings. The van der Waals surface area contributed by atoms with E-state index < -0.39 is 0 Å². The van der Waals surface area contributed by atoms with Crippen LogP contribution in [0.15, 0.2) is 42.9 Å². The molecular weight excluding hydrogens is 264 g/mol. The first kappa shape index (κ1) is 13.7. The molecule has 0 aliphatic carbocycles. The number of hydrogen-bond acceptors (Lipinski definition) is 4. The summed E-state index contributed by atoms with van der Waals surface area (Å²) in [5.41, 5.74) is 3.62. The van der Waals surface area contributed by atoms with Crippen LogP contribution in [0.1, 0.15) is 19.3 Å². The van der Waals surface area contributed by atoms with E-state index in [-0.39, 0.29) is 6.61 Å². The van der Waals surface area contributed by atoms with Crippen molar-refractivity contribution in [2.75, 3.05) is 6.61 Å². The number of aryl methyl sites for hydroxylation is 1. The second-order valence-electron chi connectivity index (χ2n) is 5.02. The Balaban J connectivity index is 1.75. The molecule has 2 heterocycles. The normalized spacial score (nSPS) is 11.1. The van der Waals surface area contributed by atoms with Crippen LogP contribution >= 0.6 is 0 Å². The molecule has 0 fully saturated rings. The van der Waals surface area contributed by atoms with Gasteiger partial charge in [-0.05, 0) is 31.4 Å².